The number of benzene rings is 2. The zero-order valence-electron chi connectivity index (χ0n) is 12.0. The molecule has 0 aromatic heterocycles. The number of aliphatic hydroxyl groups excluding tert-OH is 1. The Balaban J connectivity index is 2.14. The summed E-state index contributed by atoms with van der Waals surface area (Å²) in [6.07, 6.45) is -0.162. The molecule has 0 spiro atoms. The van der Waals surface area contributed by atoms with Crippen LogP contribution in [0.25, 0.3) is 0 Å². The Morgan fingerprint density at radius 1 is 1.00 bits per heavy atom. The summed E-state index contributed by atoms with van der Waals surface area (Å²) in [6.45, 7) is -4.36. The largest absolute Gasteiger partial charge is 0.508 e. The van der Waals surface area contributed by atoms with Crippen LogP contribution in [0.15, 0.2) is 47.4 Å². The van der Waals surface area contributed by atoms with Crippen LogP contribution in [0, 0.1) is 0 Å². The molecule has 1 unspecified atom stereocenters. The quantitative estimate of drug-likeness (QED) is 0.505. The first-order valence-corrected chi connectivity index (χ1v) is 9.82. The molecule has 23 heavy (non-hydrogen) atoms. The van der Waals surface area contributed by atoms with Gasteiger partial charge in [-0.2, -0.15) is 0 Å². The Bertz CT molecular complexity index is 712. The van der Waals surface area contributed by atoms with E-state index in [1.54, 1.807) is 24.3 Å². The minimum atomic E-state index is -4.36. The van der Waals surface area contributed by atoms with Crippen LogP contribution in [-0.2, 0) is 11.0 Å². The first-order valence-electron chi connectivity index (χ1n) is 6.78. The first-order chi connectivity index (χ1) is 10.7. The number of hydrogen-bond acceptors (Lipinski definition) is 5. The molecule has 0 fully saturated rings. The maximum atomic E-state index is 11.2. The van der Waals surface area contributed by atoms with Crippen LogP contribution in [0.1, 0.15) is 23.7 Å². The SMILES string of the molecule is O=P(O)(O)Sc1ccc(O)cc1C(O)CCc1ccc(O)cc1. The van der Waals surface area contributed by atoms with Crippen molar-refractivity contribution in [3.05, 3.63) is 53.6 Å². The number of aliphatic hydroxyl groups is 1. The molecule has 2 aromatic rings. The predicted molar refractivity (Wildman–Crippen MR) is 87.4 cm³/mol. The second-order valence-corrected chi connectivity index (χ2v) is 8.60. The summed E-state index contributed by atoms with van der Waals surface area (Å²) in [5.41, 5.74) is 1.18. The molecule has 2 aromatic carbocycles. The van der Waals surface area contributed by atoms with Gasteiger partial charge < -0.3 is 25.1 Å². The van der Waals surface area contributed by atoms with Crippen molar-refractivity contribution in [2.45, 2.75) is 23.8 Å². The van der Waals surface area contributed by atoms with Gasteiger partial charge in [0.1, 0.15) is 11.5 Å². The summed E-state index contributed by atoms with van der Waals surface area (Å²) < 4.78 is 11.2. The van der Waals surface area contributed by atoms with Crippen LogP contribution < -0.4 is 0 Å². The van der Waals surface area contributed by atoms with Crippen molar-refractivity contribution in [1.82, 2.24) is 0 Å². The van der Waals surface area contributed by atoms with Gasteiger partial charge in [-0.15, -0.1) is 0 Å². The average molecular weight is 356 g/mol. The number of rotatable bonds is 6. The Morgan fingerprint density at radius 3 is 2.22 bits per heavy atom. The monoisotopic (exact) mass is 356 g/mol. The van der Waals surface area contributed by atoms with Crippen molar-refractivity contribution < 1.29 is 29.7 Å². The Kier molecular flexibility index (Phi) is 5.73. The van der Waals surface area contributed by atoms with E-state index < -0.39 is 12.9 Å². The van der Waals surface area contributed by atoms with Gasteiger partial charge in [0.05, 0.1) is 6.10 Å². The molecular formula is C15H17O6PS. The van der Waals surface area contributed by atoms with E-state index in [1.165, 1.54) is 18.2 Å². The highest BCUT2D eigenvalue weighted by Gasteiger charge is 2.21. The summed E-state index contributed by atoms with van der Waals surface area (Å²) in [5.74, 6) is 0.0707. The van der Waals surface area contributed by atoms with E-state index in [0.29, 0.717) is 24.2 Å². The van der Waals surface area contributed by atoms with Gasteiger partial charge in [0.25, 0.3) is 0 Å². The first kappa shape index (κ1) is 17.8. The fraction of sp³-hybridized carbons (Fsp3) is 0.200. The van der Waals surface area contributed by atoms with E-state index in [4.69, 9.17) is 9.79 Å². The van der Waals surface area contributed by atoms with Gasteiger partial charge in [-0.05, 0) is 65.7 Å². The third-order valence-electron chi connectivity index (χ3n) is 3.21. The fourth-order valence-corrected chi connectivity index (χ4v) is 4.08. The van der Waals surface area contributed by atoms with E-state index in [-0.39, 0.29) is 22.0 Å². The average Bonchev–Trinajstić information content (AvgIpc) is 2.47. The van der Waals surface area contributed by atoms with Gasteiger partial charge in [-0.1, -0.05) is 12.1 Å². The maximum absolute atomic E-state index is 11.2. The lowest BCUT2D eigenvalue weighted by atomic mass is 10.0. The van der Waals surface area contributed by atoms with Crippen LogP contribution in [0.4, 0.5) is 0 Å². The lowest BCUT2D eigenvalue weighted by molar-refractivity contribution is 0.164. The Labute approximate surface area is 137 Å². The van der Waals surface area contributed by atoms with E-state index in [2.05, 4.69) is 0 Å². The maximum Gasteiger partial charge on any atom is 0.388 e. The van der Waals surface area contributed by atoms with Gasteiger partial charge in [0, 0.05) is 4.90 Å². The van der Waals surface area contributed by atoms with Crippen LogP contribution in [0.5, 0.6) is 11.5 Å². The molecule has 1 atom stereocenters. The molecule has 124 valence electrons. The zero-order chi connectivity index (χ0) is 17.0. The summed E-state index contributed by atoms with van der Waals surface area (Å²) >= 11 is 0.351. The van der Waals surface area contributed by atoms with Crippen molar-refractivity contribution in [3.8, 4) is 11.5 Å². The predicted octanol–water partition coefficient (Wildman–Crippen LogP) is 2.95. The molecule has 0 aliphatic rings. The van der Waals surface area contributed by atoms with E-state index >= 15 is 0 Å². The molecular weight excluding hydrogens is 339 g/mol. The molecule has 0 bridgehead atoms. The standard InChI is InChI=1S/C15H17O6PS/c16-11-4-1-10(2-5-11)3-7-14(18)13-9-12(17)6-8-15(13)23-22(19,20)21/h1-2,4-6,8-9,14,16-18H,3,7H2,(H2,19,20,21). The van der Waals surface area contributed by atoms with Crippen molar-refractivity contribution in [1.29, 1.82) is 0 Å². The van der Waals surface area contributed by atoms with Crippen molar-refractivity contribution >= 4 is 18.2 Å². The fourth-order valence-electron chi connectivity index (χ4n) is 2.13. The molecule has 8 heteroatoms. The highest BCUT2D eigenvalue weighted by atomic mass is 32.7. The van der Waals surface area contributed by atoms with Crippen molar-refractivity contribution in [3.63, 3.8) is 0 Å². The highest BCUT2D eigenvalue weighted by Crippen LogP contribution is 2.56. The van der Waals surface area contributed by atoms with Gasteiger partial charge in [0.15, 0.2) is 0 Å². The second kappa shape index (κ2) is 7.38. The minimum Gasteiger partial charge on any atom is -0.508 e. The van der Waals surface area contributed by atoms with Gasteiger partial charge in [-0.3, -0.25) is 0 Å². The van der Waals surface area contributed by atoms with Crippen LogP contribution in [0.2, 0.25) is 0 Å². The van der Waals surface area contributed by atoms with Crippen LogP contribution in [0.3, 0.4) is 0 Å². The summed E-state index contributed by atoms with van der Waals surface area (Å²) in [4.78, 5) is 18.4. The third kappa shape index (κ3) is 5.57. The molecule has 0 saturated heterocycles. The number of aromatic hydroxyl groups is 2. The molecule has 0 aliphatic carbocycles. The number of hydrogen-bond donors (Lipinski definition) is 5. The Hall–Kier alpha value is -1.50. The Morgan fingerprint density at radius 2 is 1.61 bits per heavy atom. The van der Waals surface area contributed by atoms with E-state index in [0.717, 1.165) is 5.56 Å². The van der Waals surface area contributed by atoms with Crippen LogP contribution in [-0.4, -0.2) is 25.1 Å². The number of aryl methyl sites for hydroxylation is 1. The molecule has 0 saturated carbocycles. The molecule has 0 radical (unpaired) electrons. The van der Waals surface area contributed by atoms with Gasteiger partial charge in [0.2, 0.25) is 0 Å². The molecule has 6 nitrogen and oxygen atoms in total. The molecule has 0 heterocycles. The lowest BCUT2D eigenvalue weighted by Gasteiger charge is -2.16. The zero-order valence-corrected chi connectivity index (χ0v) is 13.7. The molecule has 2 rings (SSSR count). The highest BCUT2D eigenvalue weighted by molar-refractivity contribution is 8.54. The van der Waals surface area contributed by atoms with Gasteiger partial charge >= 0.3 is 6.80 Å². The summed E-state index contributed by atoms with van der Waals surface area (Å²) in [5, 5.41) is 29.1. The summed E-state index contributed by atoms with van der Waals surface area (Å²) in [7, 11) is 0. The normalized spacial score (nSPS) is 13.0. The smallest absolute Gasteiger partial charge is 0.388 e. The van der Waals surface area contributed by atoms with Gasteiger partial charge in [-0.25, -0.2) is 4.57 Å². The second-order valence-electron chi connectivity index (χ2n) is 5.02. The molecule has 5 N–H and O–H groups in total. The van der Waals surface area contributed by atoms with Crippen LogP contribution >= 0.6 is 18.2 Å². The molecule has 0 amide bonds. The van der Waals surface area contributed by atoms with E-state index in [1.807, 2.05) is 0 Å². The third-order valence-corrected chi connectivity index (χ3v) is 5.32. The number of phenolic OH excluding ortho intramolecular Hbond substituents is 2. The lowest BCUT2D eigenvalue weighted by Crippen LogP contribution is -2.01. The minimum absolute atomic E-state index is 0.0845. The van der Waals surface area contributed by atoms with E-state index in [9.17, 15) is 19.9 Å². The van der Waals surface area contributed by atoms with Crippen molar-refractivity contribution in [2.75, 3.05) is 0 Å². The molecule has 0 aliphatic heterocycles. The summed E-state index contributed by atoms with van der Waals surface area (Å²) in [6, 6.07) is 10.5. The topological polar surface area (TPSA) is 118 Å². The van der Waals surface area contributed by atoms with Crippen molar-refractivity contribution in [2.24, 2.45) is 0 Å². The number of phenols is 2.